The maximum atomic E-state index is 12.1. The summed E-state index contributed by atoms with van der Waals surface area (Å²) in [7, 11) is 2.16. The zero-order chi connectivity index (χ0) is 13.7. The molecular formula is C14H28N4O. The summed E-state index contributed by atoms with van der Waals surface area (Å²) >= 11 is 0. The highest BCUT2D eigenvalue weighted by Gasteiger charge is 2.31. The van der Waals surface area contributed by atoms with Gasteiger partial charge in [0.15, 0.2) is 0 Å². The fraction of sp³-hybridized carbons (Fsp3) is 0.929. The lowest BCUT2D eigenvalue weighted by atomic mass is 9.95. The van der Waals surface area contributed by atoms with Crippen molar-refractivity contribution >= 4 is 5.91 Å². The number of hydrogen-bond donors (Lipinski definition) is 2. The lowest BCUT2D eigenvalue weighted by molar-refractivity contribution is -0.126. The molecule has 19 heavy (non-hydrogen) atoms. The number of nitrogens with one attached hydrogen (secondary N) is 1. The quantitative estimate of drug-likeness (QED) is 0.720. The normalized spacial score (nSPS) is 29.6. The van der Waals surface area contributed by atoms with Crippen LogP contribution in [0, 0.1) is 11.8 Å². The largest absolute Gasteiger partial charge is 0.355 e. The smallest absolute Gasteiger partial charge is 0.223 e. The first-order valence-corrected chi connectivity index (χ1v) is 7.59. The summed E-state index contributed by atoms with van der Waals surface area (Å²) < 4.78 is 0. The molecule has 3 N–H and O–H groups in total. The van der Waals surface area contributed by atoms with Crippen LogP contribution in [0.1, 0.15) is 19.3 Å². The number of amides is 1. The fourth-order valence-electron chi connectivity index (χ4n) is 3.20. The standard InChI is InChI=1S/C14H28N4O/c1-17-7-9-18(10-8-17)6-5-16-14(19)13-4-2-3-12(13)11-15/h12-13H,2-11,15H2,1H3,(H,16,19). The number of carbonyl (C=O) groups excluding carboxylic acids is 1. The molecule has 0 spiro atoms. The van der Waals surface area contributed by atoms with Gasteiger partial charge in [-0.2, -0.15) is 0 Å². The second-order valence-electron chi connectivity index (χ2n) is 5.97. The maximum absolute atomic E-state index is 12.1. The monoisotopic (exact) mass is 268 g/mol. The van der Waals surface area contributed by atoms with Crippen molar-refractivity contribution in [1.82, 2.24) is 15.1 Å². The van der Waals surface area contributed by atoms with Crippen LogP contribution >= 0.6 is 0 Å². The lowest BCUT2D eigenvalue weighted by Crippen LogP contribution is -2.47. The van der Waals surface area contributed by atoms with E-state index in [1.165, 1.54) is 0 Å². The van der Waals surface area contributed by atoms with Crippen molar-refractivity contribution in [3.63, 3.8) is 0 Å². The number of nitrogens with two attached hydrogens (primary N) is 1. The van der Waals surface area contributed by atoms with Gasteiger partial charge in [0, 0.05) is 45.2 Å². The first kappa shape index (κ1) is 14.8. The number of hydrogen-bond acceptors (Lipinski definition) is 4. The van der Waals surface area contributed by atoms with E-state index in [1.54, 1.807) is 0 Å². The van der Waals surface area contributed by atoms with E-state index in [-0.39, 0.29) is 11.8 Å². The molecule has 2 aliphatic rings. The Labute approximate surface area is 116 Å². The Hall–Kier alpha value is -0.650. The zero-order valence-corrected chi connectivity index (χ0v) is 12.1. The number of rotatable bonds is 5. The predicted molar refractivity (Wildman–Crippen MR) is 76.8 cm³/mol. The SMILES string of the molecule is CN1CCN(CCNC(=O)C2CCCC2CN)CC1. The van der Waals surface area contributed by atoms with Crippen molar-refractivity contribution in [3.8, 4) is 0 Å². The molecule has 1 saturated heterocycles. The van der Waals surface area contributed by atoms with E-state index >= 15 is 0 Å². The molecule has 0 aromatic rings. The van der Waals surface area contributed by atoms with Gasteiger partial charge in [-0.15, -0.1) is 0 Å². The molecule has 2 atom stereocenters. The van der Waals surface area contributed by atoms with Crippen LogP contribution in [0.25, 0.3) is 0 Å². The Kier molecular flexibility index (Phi) is 5.60. The molecule has 5 nitrogen and oxygen atoms in total. The Morgan fingerprint density at radius 2 is 2.00 bits per heavy atom. The van der Waals surface area contributed by atoms with Crippen LogP contribution in [0.2, 0.25) is 0 Å². The van der Waals surface area contributed by atoms with Gasteiger partial charge in [-0.05, 0) is 32.4 Å². The van der Waals surface area contributed by atoms with Gasteiger partial charge >= 0.3 is 0 Å². The summed E-state index contributed by atoms with van der Waals surface area (Å²) in [5.74, 6) is 0.795. The molecule has 1 heterocycles. The lowest BCUT2D eigenvalue weighted by Gasteiger charge is -2.32. The van der Waals surface area contributed by atoms with Gasteiger partial charge in [0.1, 0.15) is 0 Å². The van der Waals surface area contributed by atoms with Crippen LogP contribution in [0.5, 0.6) is 0 Å². The molecule has 0 bridgehead atoms. The minimum absolute atomic E-state index is 0.164. The molecule has 110 valence electrons. The van der Waals surface area contributed by atoms with Crippen LogP contribution in [-0.2, 0) is 4.79 Å². The van der Waals surface area contributed by atoms with Gasteiger partial charge < -0.3 is 16.0 Å². The topological polar surface area (TPSA) is 61.6 Å². The summed E-state index contributed by atoms with van der Waals surface area (Å²) in [6.45, 7) is 6.88. The van der Waals surface area contributed by atoms with Crippen LogP contribution in [-0.4, -0.2) is 68.6 Å². The highest BCUT2D eigenvalue weighted by molar-refractivity contribution is 5.79. The minimum atomic E-state index is 0.164. The molecule has 1 aliphatic heterocycles. The third-order valence-corrected chi connectivity index (χ3v) is 4.62. The number of nitrogens with zero attached hydrogens (tertiary/aromatic N) is 2. The van der Waals surface area contributed by atoms with Crippen molar-refractivity contribution in [2.75, 3.05) is 52.9 Å². The van der Waals surface area contributed by atoms with E-state index in [1.807, 2.05) is 0 Å². The highest BCUT2D eigenvalue weighted by Crippen LogP contribution is 2.30. The number of likely N-dealkylation sites (N-methyl/N-ethyl adjacent to an activating group) is 1. The molecule has 0 aromatic heterocycles. The van der Waals surface area contributed by atoms with E-state index in [4.69, 9.17) is 5.73 Å². The second kappa shape index (κ2) is 7.22. The summed E-state index contributed by atoms with van der Waals surface area (Å²) in [5.41, 5.74) is 5.73. The Morgan fingerprint density at radius 1 is 1.26 bits per heavy atom. The van der Waals surface area contributed by atoms with Gasteiger partial charge in [-0.3, -0.25) is 9.69 Å². The molecule has 1 amide bonds. The van der Waals surface area contributed by atoms with Crippen LogP contribution in [0.3, 0.4) is 0 Å². The summed E-state index contributed by atoms with van der Waals surface area (Å²) in [6, 6.07) is 0. The molecular weight excluding hydrogens is 240 g/mol. The first-order chi connectivity index (χ1) is 9.20. The van der Waals surface area contributed by atoms with Gasteiger partial charge in [-0.1, -0.05) is 6.42 Å². The van der Waals surface area contributed by atoms with E-state index in [0.717, 1.165) is 58.5 Å². The Balaban J connectivity index is 1.64. The molecule has 5 heteroatoms. The van der Waals surface area contributed by atoms with Gasteiger partial charge in [0.25, 0.3) is 0 Å². The van der Waals surface area contributed by atoms with E-state index < -0.39 is 0 Å². The van der Waals surface area contributed by atoms with Crippen LogP contribution < -0.4 is 11.1 Å². The number of piperazine rings is 1. The molecule has 1 aliphatic carbocycles. The minimum Gasteiger partial charge on any atom is -0.355 e. The molecule has 2 rings (SSSR count). The van der Waals surface area contributed by atoms with Crippen LogP contribution in [0.15, 0.2) is 0 Å². The fourth-order valence-corrected chi connectivity index (χ4v) is 3.20. The average molecular weight is 268 g/mol. The third-order valence-electron chi connectivity index (χ3n) is 4.62. The first-order valence-electron chi connectivity index (χ1n) is 7.59. The molecule has 2 unspecified atom stereocenters. The summed E-state index contributed by atoms with van der Waals surface area (Å²) in [5, 5.41) is 3.10. The number of carbonyl (C=O) groups is 1. The molecule has 0 radical (unpaired) electrons. The molecule has 2 fully saturated rings. The predicted octanol–water partition coefficient (Wildman–Crippen LogP) is -0.275. The van der Waals surface area contributed by atoms with E-state index in [9.17, 15) is 4.79 Å². The van der Waals surface area contributed by atoms with Crippen molar-refractivity contribution in [2.24, 2.45) is 17.6 Å². The average Bonchev–Trinajstić information content (AvgIpc) is 2.89. The molecule has 0 aromatic carbocycles. The zero-order valence-electron chi connectivity index (χ0n) is 12.1. The van der Waals surface area contributed by atoms with Gasteiger partial charge in [-0.25, -0.2) is 0 Å². The van der Waals surface area contributed by atoms with Gasteiger partial charge in [0.05, 0.1) is 0 Å². The van der Waals surface area contributed by atoms with Crippen molar-refractivity contribution in [2.45, 2.75) is 19.3 Å². The summed E-state index contributed by atoms with van der Waals surface area (Å²) in [4.78, 5) is 16.9. The maximum Gasteiger partial charge on any atom is 0.223 e. The van der Waals surface area contributed by atoms with Crippen molar-refractivity contribution in [3.05, 3.63) is 0 Å². The summed E-state index contributed by atoms with van der Waals surface area (Å²) in [6.07, 6.45) is 3.29. The highest BCUT2D eigenvalue weighted by atomic mass is 16.1. The second-order valence-corrected chi connectivity index (χ2v) is 5.97. The molecule has 1 saturated carbocycles. The van der Waals surface area contributed by atoms with Crippen molar-refractivity contribution < 1.29 is 4.79 Å². The van der Waals surface area contributed by atoms with Crippen molar-refractivity contribution in [1.29, 1.82) is 0 Å². The van der Waals surface area contributed by atoms with Gasteiger partial charge in [0.2, 0.25) is 5.91 Å². The Morgan fingerprint density at radius 3 is 2.68 bits per heavy atom. The van der Waals surface area contributed by atoms with E-state index in [2.05, 4.69) is 22.2 Å². The van der Waals surface area contributed by atoms with Crippen LogP contribution in [0.4, 0.5) is 0 Å². The van der Waals surface area contributed by atoms with E-state index in [0.29, 0.717) is 12.5 Å². The third kappa shape index (κ3) is 4.16. The Bertz CT molecular complexity index is 289.